The molecule has 0 spiro atoms. The fourth-order valence-corrected chi connectivity index (χ4v) is 3.69. The zero-order chi connectivity index (χ0) is 22.1. The Morgan fingerprint density at radius 3 is 2.58 bits per heavy atom. The molecule has 0 aliphatic carbocycles. The van der Waals surface area contributed by atoms with Gasteiger partial charge in [-0.25, -0.2) is 9.78 Å². The first-order valence-electron chi connectivity index (χ1n) is 10.1. The fraction of sp³-hybridized carbons (Fsp3) is 0.292. The van der Waals surface area contributed by atoms with Gasteiger partial charge in [-0.3, -0.25) is 4.79 Å². The highest BCUT2D eigenvalue weighted by Crippen LogP contribution is 2.25. The molecule has 0 radical (unpaired) electrons. The average molecular weight is 439 g/mol. The molecule has 1 heterocycles. The molecule has 6 nitrogen and oxygen atoms in total. The molecule has 0 fully saturated rings. The van der Waals surface area contributed by atoms with Crippen LogP contribution in [0.25, 0.3) is 0 Å². The van der Waals surface area contributed by atoms with E-state index in [4.69, 9.17) is 9.47 Å². The van der Waals surface area contributed by atoms with Crippen molar-refractivity contribution >= 4 is 23.2 Å². The first-order valence-corrected chi connectivity index (χ1v) is 11.0. The molecule has 7 heteroatoms. The van der Waals surface area contributed by atoms with Gasteiger partial charge in [0.25, 0.3) is 0 Å². The summed E-state index contributed by atoms with van der Waals surface area (Å²) < 4.78 is 10.9. The van der Waals surface area contributed by atoms with Gasteiger partial charge < -0.3 is 14.8 Å². The number of carbonyl (C=O) groups is 2. The number of ether oxygens (including phenoxy) is 2. The van der Waals surface area contributed by atoms with Gasteiger partial charge in [-0.1, -0.05) is 62.4 Å². The van der Waals surface area contributed by atoms with E-state index in [0.717, 1.165) is 11.1 Å². The van der Waals surface area contributed by atoms with Crippen molar-refractivity contribution in [2.24, 2.45) is 0 Å². The van der Waals surface area contributed by atoms with Gasteiger partial charge >= 0.3 is 5.97 Å². The van der Waals surface area contributed by atoms with Crippen LogP contribution in [-0.4, -0.2) is 23.5 Å². The maximum absolute atomic E-state index is 12.1. The second kappa shape index (κ2) is 11.3. The highest BCUT2D eigenvalue weighted by atomic mass is 32.1. The molecule has 0 saturated heterocycles. The lowest BCUT2D eigenvalue weighted by molar-refractivity contribution is -0.147. The maximum Gasteiger partial charge on any atom is 0.344 e. The number of aromatic nitrogens is 1. The molecule has 3 aromatic rings. The van der Waals surface area contributed by atoms with Crippen LogP contribution in [0.4, 0.5) is 0 Å². The molecule has 0 unspecified atom stereocenters. The van der Waals surface area contributed by atoms with Crippen molar-refractivity contribution in [3.8, 4) is 5.75 Å². The molecular weight excluding hydrogens is 412 g/mol. The summed E-state index contributed by atoms with van der Waals surface area (Å²) in [5, 5.41) is 5.35. The maximum atomic E-state index is 12.1. The third-order valence-electron chi connectivity index (χ3n) is 4.51. The van der Waals surface area contributed by atoms with E-state index >= 15 is 0 Å². The van der Waals surface area contributed by atoms with Gasteiger partial charge in [0.05, 0.1) is 12.1 Å². The van der Waals surface area contributed by atoms with E-state index in [9.17, 15) is 9.59 Å². The lowest BCUT2D eigenvalue weighted by atomic mass is 10.0. The number of amides is 1. The van der Waals surface area contributed by atoms with Crippen LogP contribution in [0.3, 0.4) is 0 Å². The van der Waals surface area contributed by atoms with Gasteiger partial charge in [-0.2, -0.15) is 0 Å². The van der Waals surface area contributed by atoms with Crippen LogP contribution in [0.1, 0.15) is 41.6 Å². The molecule has 31 heavy (non-hydrogen) atoms. The van der Waals surface area contributed by atoms with E-state index in [-0.39, 0.29) is 25.5 Å². The van der Waals surface area contributed by atoms with Crippen LogP contribution in [0.5, 0.6) is 5.75 Å². The third kappa shape index (κ3) is 7.22. The minimum atomic E-state index is -0.464. The summed E-state index contributed by atoms with van der Waals surface area (Å²) in [7, 11) is 0. The van der Waals surface area contributed by atoms with Crippen molar-refractivity contribution in [3.05, 3.63) is 81.8 Å². The van der Waals surface area contributed by atoms with Crippen LogP contribution >= 0.6 is 11.3 Å². The molecule has 0 saturated carbocycles. The zero-order valence-corrected chi connectivity index (χ0v) is 18.5. The number of rotatable bonds is 10. The molecule has 1 amide bonds. The topological polar surface area (TPSA) is 77.5 Å². The van der Waals surface area contributed by atoms with Crippen molar-refractivity contribution in [3.63, 3.8) is 0 Å². The van der Waals surface area contributed by atoms with Gasteiger partial charge in [0.15, 0.2) is 6.61 Å². The number of hydrogen-bond donors (Lipinski definition) is 1. The number of nitrogens with one attached hydrogen (secondary N) is 1. The molecule has 0 bridgehead atoms. The Bertz CT molecular complexity index is 1000. The molecule has 2 aromatic carbocycles. The highest BCUT2D eigenvalue weighted by Gasteiger charge is 2.12. The smallest absolute Gasteiger partial charge is 0.344 e. The first kappa shape index (κ1) is 22.5. The van der Waals surface area contributed by atoms with E-state index in [1.807, 2.05) is 54.6 Å². The zero-order valence-electron chi connectivity index (χ0n) is 17.7. The molecule has 0 aliphatic rings. The van der Waals surface area contributed by atoms with Crippen molar-refractivity contribution in [1.82, 2.24) is 10.3 Å². The van der Waals surface area contributed by atoms with E-state index in [1.165, 1.54) is 11.3 Å². The first-order chi connectivity index (χ1) is 15.0. The number of thiazole rings is 1. The monoisotopic (exact) mass is 438 g/mol. The minimum absolute atomic E-state index is 0.0517. The Morgan fingerprint density at radius 2 is 1.81 bits per heavy atom. The molecular formula is C24H26N2O4S. The summed E-state index contributed by atoms with van der Waals surface area (Å²) in [5.41, 5.74) is 2.71. The predicted molar refractivity (Wildman–Crippen MR) is 120 cm³/mol. The second-order valence-corrected chi connectivity index (χ2v) is 8.26. The van der Waals surface area contributed by atoms with Crippen molar-refractivity contribution in [2.45, 2.75) is 39.3 Å². The normalized spacial score (nSPS) is 10.7. The summed E-state index contributed by atoms with van der Waals surface area (Å²) in [5.74, 6) is 0.421. The number of carbonyl (C=O) groups excluding carboxylic acids is 2. The van der Waals surface area contributed by atoms with Gasteiger partial charge in [-0.15, -0.1) is 11.3 Å². The van der Waals surface area contributed by atoms with E-state index in [0.29, 0.717) is 28.9 Å². The van der Waals surface area contributed by atoms with Crippen LogP contribution in [0.2, 0.25) is 0 Å². The van der Waals surface area contributed by atoms with E-state index in [1.54, 1.807) is 5.38 Å². The number of esters is 1. The van der Waals surface area contributed by atoms with Gasteiger partial charge in [0, 0.05) is 11.9 Å². The van der Waals surface area contributed by atoms with Crippen molar-refractivity contribution in [2.75, 3.05) is 6.61 Å². The van der Waals surface area contributed by atoms with Crippen LogP contribution in [-0.2, 0) is 33.9 Å². The molecule has 0 aliphatic heterocycles. The summed E-state index contributed by atoms with van der Waals surface area (Å²) in [6, 6.07) is 17.4. The van der Waals surface area contributed by atoms with Gasteiger partial charge in [0.2, 0.25) is 5.91 Å². The molecule has 0 atom stereocenters. The van der Waals surface area contributed by atoms with E-state index in [2.05, 4.69) is 24.1 Å². The third-order valence-corrected chi connectivity index (χ3v) is 5.41. The summed E-state index contributed by atoms with van der Waals surface area (Å²) >= 11 is 1.37. The average Bonchev–Trinajstić information content (AvgIpc) is 3.23. The Hall–Kier alpha value is -3.19. The predicted octanol–water partition coefficient (Wildman–Crippen LogP) is 4.25. The van der Waals surface area contributed by atoms with Gasteiger partial charge in [0.1, 0.15) is 17.4 Å². The van der Waals surface area contributed by atoms with Gasteiger partial charge in [-0.05, 0) is 23.1 Å². The van der Waals surface area contributed by atoms with E-state index < -0.39 is 5.97 Å². The lowest BCUT2D eigenvalue weighted by Crippen LogP contribution is -2.24. The van der Waals surface area contributed by atoms with Crippen LogP contribution in [0.15, 0.2) is 60.0 Å². The Balaban J connectivity index is 1.40. The summed E-state index contributed by atoms with van der Waals surface area (Å²) in [4.78, 5) is 28.5. The number of nitrogens with zero attached hydrogens (tertiary/aromatic N) is 1. The Labute approximate surface area is 186 Å². The number of benzene rings is 2. The SMILES string of the molecule is CC(C)c1ccccc1OCC(=O)OCc1csc(CC(=O)NCc2ccccc2)n1. The van der Waals surface area contributed by atoms with Crippen molar-refractivity contribution in [1.29, 1.82) is 0 Å². The highest BCUT2D eigenvalue weighted by molar-refractivity contribution is 7.09. The molecule has 162 valence electrons. The standard InChI is InChI=1S/C24H26N2O4S/c1-17(2)20-10-6-7-11-21(20)29-15-24(28)30-14-19-16-31-23(26-19)12-22(27)25-13-18-8-4-3-5-9-18/h3-11,16-17H,12-15H2,1-2H3,(H,25,27). The summed E-state index contributed by atoms with van der Waals surface area (Å²) in [6.45, 7) is 4.51. The molecule has 1 aromatic heterocycles. The van der Waals surface area contributed by atoms with Crippen LogP contribution < -0.4 is 10.1 Å². The second-order valence-electron chi connectivity index (χ2n) is 7.31. The fourth-order valence-electron chi connectivity index (χ4n) is 2.91. The Morgan fingerprint density at radius 1 is 1.06 bits per heavy atom. The summed E-state index contributed by atoms with van der Waals surface area (Å²) in [6.07, 6.45) is 0.195. The largest absolute Gasteiger partial charge is 0.482 e. The number of hydrogen-bond acceptors (Lipinski definition) is 6. The van der Waals surface area contributed by atoms with Crippen molar-refractivity contribution < 1.29 is 19.1 Å². The number of para-hydroxylation sites is 1. The van der Waals surface area contributed by atoms with Crippen LogP contribution in [0, 0.1) is 0 Å². The molecule has 3 rings (SSSR count). The quantitative estimate of drug-likeness (QED) is 0.479. The minimum Gasteiger partial charge on any atom is -0.482 e. The molecule has 1 N–H and O–H groups in total. The Kier molecular flexibility index (Phi) is 8.18. The lowest BCUT2D eigenvalue weighted by Gasteiger charge is -2.13.